The lowest BCUT2D eigenvalue weighted by molar-refractivity contribution is 0.356. The fraction of sp³-hybridized carbons (Fsp3) is 0.250. The second-order valence-electron chi connectivity index (χ2n) is 4.90. The standard InChI is InChI=1S/C16H17N3O2/c1-9-5-6-11(10(2)17-9)16-18-12-7-14(20-3)15(21-4)8-13(12)19-16/h5-8H,1-4H3,(H,18,19). The summed E-state index contributed by atoms with van der Waals surface area (Å²) in [5.41, 5.74) is 4.68. The van der Waals surface area contributed by atoms with Crippen LogP contribution >= 0.6 is 0 Å². The quantitative estimate of drug-likeness (QED) is 0.801. The third-order valence-electron chi connectivity index (χ3n) is 3.47. The highest BCUT2D eigenvalue weighted by Crippen LogP contribution is 2.32. The number of pyridine rings is 1. The van der Waals surface area contributed by atoms with Crippen LogP contribution in [0.15, 0.2) is 24.3 Å². The number of aromatic amines is 1. The Morgan fingerprint density at radius 2 is 1.67 bits per heavy atom. The minimum atomic E-state index is 0.668. The molecule has 2 aromatic heterocycles. The molecule has 0 aliphatic rings. The molecule has 0 amide bonds. The van der Waals surface area contributed by atoms with Gasteiger partial charge in [-0.2, -0.15) is 0 Å². The van der Waals surface area contributed by atoms with Crippen molar-refractivity contribution in [3.05, 3.63) is 35.7 Å². The summed E-state index contributed by atoms with van der Waals surface area (Å²) in [7, 11) is 3.24. The first-order valence-electron chi connectivity index (χ1n) is 6.68. The van der Waals surface area contributed by atoms with E-state index in [9.17, 15) is 0 Å². The van der Waals surface area contributed by atoms with Gasteiger partial charge < -0.3 is 14.5 Å². The zero-order valence-corrected chi connectivity index (χ0v) is 12.5. The molecular weight excluding hydrogens is 266 g/mol. The molecular formula is C16H17N3O2. The first-order valence-corrected chi connectivity index (χ1v) is 6.68. The van der Waals surface area contributed by atoms with Crippen LogP contribution in [0, 0.1) is 13.8 Å². The van der Waals surface area contributed by atoms with Crippen molar-refractivity contribution in [2.45, 2.75) is 13.8 Å². The molecule has 0 atom stereocenters. The summed E-state index contributed by atoms with van der Waals surface area (Å²) in [6.07, 6.45) is 0. The Morgan fingerprint density at radius 1 is 0.952 bits per heavy atom. The highest BCUT2D eigenvalue weighted by Gasteiger charge is 2.12. The SMILES string of the molecule is COc1cc2nc(-c3ccc(C)nc3C)[nH]c2cc1OC. The maximum absolute atomic E-state index is 5.31. The second-order valence-corrected chi connectivity index (χ2v) is 4.90. The van der Waals surface area contributed by atoms with E-state index < -0.39 is 0 Å². The number of ether oxygens (including phenoxy) is 2. The smallest absolute Gasteiger partial charge is 0.163 e. The van der Waals surface area contributed by atoms with Gasteiger partial charge in [-0.1, -0.05) is 0 Å². The zero-order valence-electron chi connectivity index (χ0n) is 12.5. The first-order chi connectivity index (χ1) is 10.1. The topological polar surface area (TPSA) is 60.0 Å². The van der Waals surface area contributed by atoms with Crippen LogP contribution in [0.3, 0.4) is 0 Å². The van der Waals surface area contributed by atoms with Crippen LogP contribution in [0.25, 0.3) is 22.4 Å². The monoisotopic (exact) mass is 283 g/mol. The van der Waals surface area contributed by atoms with Crippen molar-refractivity contribution in [1.82, 2.24) is 15.0 Å². The van der Waals surface area contributed by atoms with E-state index in [1.807, 2.05) is 38.1 Å². The van der Waals surface area contributed by atoms with E-state index >= 15 is 0 Å². The van der Waals surface area contributed by atoms with Gasteiger partial charge in [-0.05, 0) is 26.0 Å². The molecule has 0 radical (unpaired) electrons. The number of aryl methyl sites for hydroxylation is 2. The van der Waals surface area contributed by atoms with E-state index in [1.165, 1.54) is 0 Å². The number of benzene rings is 1. The normalized spacial score (nSPS) is 10.9. The largest absolute Gasteiger partial charge is 0.493 e. The lowest BCUT2D eigenvalue weighted by Gasteiger charge is -2.06. The van der Waals surface area contributed by atoms with Crippen molar-refractivity contribution in [3.63, 3.8) is 0 Å². The predicted molar refractivity (Wildman–Crippen MR) is 81.9 cm³/mol. The maximum Gasteiger partial charge on any atom is 0.163 e. The van der Waals surface area contributed by atoms with Crippen LogP contribution in [0.5, 0.6) is 11.5 Å². The molecule has 0 spiro atoms. The number of nitrogens with one attached hydrogen (secondary N) is 1. The summed E-state index contributed by atoms with van der Waals surface area (Å²) in [5, 5.41) is 0. The molecule has 1 N–H and O–H groups in total. The van der Waals surface area contributed by atoms with Crippen LogP contribution in [-0.4, -0.2) is 29.2 Å². The molecule has 0 unspecified atom stereocenters. The van der Waals surface area contributed by atoms with Crippen LogP contribution in [0.2, 0.25) is 0 Å². The number of imidazole rings is 1. The minimum Gasteiger partial charge on any atom is -0.493 e. The van der Waals surface area contributed by atoms with Crippen LogP contribution in [0.4, 0.5) is 0 Å². The highest BCUT2D eigenvalue weighted by atomic mass is 16.5. The lowest BCUT2D eigenvalue weighted by Crippen LogP contribution is -1.91. The van der Waals surface area contributed by atoms with Gasteiger partial charge in [0.1, 0.15) is 5.82 Å². The van der Waals surface area contributed by atoms with E-state index in [0.29, 0.717) is 11.5 Å². The maximum atomic E-state index is 5.31. The summed E-state index contributed by atoms with van der Waals surface area (Å²) in [6.45, 7) is 3.96. The van der Waals surface area contributed by atoms with Gasteiger partial charge in [0, 0.05) is 29.1 Å². The van der Waals surface area contributed by atoms with Gasteiger partial charge in [0.25, 0.3) is 0 Å². The lowest BCUT2D eigenvalue weighted by atomic mass is 10.2. The highest BCUT2D eigenvalue weighted by molar-refractivity contribution is 5.83. The Kier molecular flexibility index (Phi) is 3.25. The Hall–Kier alpha value is -2.56. The molecule has 3 aromatic rings. The van der Waals surface area contributed by atoms with E-state index in [0.717, 1.165) is 33.8 Å². The fourth-order valence-electron chi connectivity index (χ4n) is 2.40. The van der Waals surface area contributed by atoms with Gasteiger partial charge in [0.2, 0.25) is 0 Å². The van der Waals surface area contributed by atoms with E-state index in [-0.39, 0.29) is 0 Å². The van der Waals surface area contributed by atoms with Gasteiger partial charge in [-0.25, -0.2) is 4.98 Å². The van der Waals surface area contributed by atoms with Crippen molar-refractivity contribution in [3.8, 4) is 22.9 Å². The van der Waals surface area contributed by atoms with Crippen LogP contribution < -0.4 is 9.47 Å². The molecule has 0 bridgehead atoms. The van der Waals surface area contributed by atoms with Crippen molar-refractivity contribution >= 4 is 11.0 Å². The summed E-state index contributed by atoms with van der Waals surface area (Å²) in [4.78, 5) is 12.4. The molecule has 1 aromatic carbocycles. The number of nitrogens with zero attached hydrogens (tertiary/aromatic N) is 2. The van der Waals surface area contributed by atoms with Gasteiger partial charge >= 0.3 is 0 Å². The first kappa shape index (κ1) is 13.4. The summed E-state index contributed by atoms with van der Waals surface area (Å²) in [6, 6.07) is 7.77. The van der Waals surface area contributed by atoms with Crippen molar-refractivity contribution in [1.29, 1.82) is 0 Å². The Balaban J connectivity index is 2.16. The van der Waals surface area contributed by atoms with Crippen LogP contribution in [0.1, 0.15) is 11.4 Å². The van der Waals surface area contributed by atoms with Crippen molar-refractivity contribution < 1.29 is 9.47 Å². The predicted octanol–water partition coefficient (Wildman–Crippen LogP) is 3.26. The summed E-state index contributed by atoms with van der Waals surface area (Å²) in [5.74, 6) is 2.14. The molecule has 0 saturated carbocycles. The van der Waals surface area contributed by atoms with Gasteiger partial charge in [-0.3, -0.25) is 4.98 Å². The molecule has 2 heterocycles. The van der Waals surface area contributed by atoms with E-state index in [2.05, 4.69) is 15.0 Å². The van der Waals surface area contributed by atoms with E-state index in [1.54, 1.807) is 14.2 Å². The molecule has 5 heteroatoms. The summed E-state index contributed by atoms with van der Waals surface area (Å²) >= 11 is 0. The third kappa shape index (κ3) is 2.31. The molecule has 0 aliphatic carbocycles. The van der Waals surface area contributed by atoms with Gasteiger partial charge in [0.05, 0.1) is 25.3 Å². The average Bonchev–Trinajstić information content (AvgIpc) is 2.87. The van der Waals surface area contributed by atoms with Gasteiger partial charge in [-0.15, -0.1) is 0 Å². The molecule has 5 nitrogen and oxygen atoms in total. The molecule has 3 rings (SSSR count). The number of fused-ring (bicyclic) bond motifs is 1. The molecule has 0 aliphatic heterocycles. The molecule has 21 heavy (non-hydrogen) atoms. The number of rotatable bonds is 3. The number of hydrogen-bond donors (Lipinski definition) is 1. The van der Waals surface area contributed by atoms with Gasteiger partial charge in [0.15, 0.2) is 11.5 Å². The van der Waals surface area contributed by atoms with Crippen molar-refractivity contribution in [2.24, 2.45) is 0 Å². The Morgan fingerprint density at radius 3 is 2.33 bits per heavy atom. The van der Waals surface area contributed by atoms with E-state index in [4.69, 9.17) is 9.47 Å². The number of aromatic nitrogens is 3. The molecule has 108 valence electrons. The second kappa shape index (κ2) is 5.09. The molecule has 0 saturated heterocycles. The third-order valence-corrected chi connectivity index (χ3v) is 3.47. The minimum absolute atomic E-state index is 0.668. The van der Waals surface area contributed by atoms with Crippen molar-refractivity contribution in [2.75, 3.05) is 14.2 Å². The van der Waals surface area contributed by atoms with Crippen LogP contribution in [-0.2, 0) is 0 Å². The molecule has 0 fully saturated rings. The summed E-state index contributed by atoms with van der Waals surface area (Å²) < 4.78 is 10.6. The number of H-pyrrole nitrogens is 1. The average molecular weight is 283 g/mol. The zero-order chi connectivity index (χ0) is 15.0. The fourth-order valence-corrected chi connectivity index (χ4v) is 2.40. The number of methoxy groups -OCH3 is 2. The number of hydrogen-bond acceptors (Lipinski definition) is 4. The Bertz CT molecular complexity index is 768. The Labute approximate surface area is 123 Å².